The molecule has 6 aromatic rings. The van der Waals surface area contributed by atoms with Crippen molar-refractivity contribution in [2.75, 3.05) is 18.5 Å². The van der Waals surface area contributed by atoms with Crippen molar-refractivity contribution in [3.05, 3.63) is 149 Å². The number of H-pyrrole nitrogens is 1. The lowest BCUT2D eigenvalue weighted by Gasteiger charge is -2.43. The number of aromatic nitrogens is 4. The molecule has 0 spiro atoms. The molecule has 1 aliphatic rings. The van der Waals surface area contributed by atoms with Gasteiger partial charge in [0.1, 0.15) is 6.61 Å². The fourth-order valence-corrected chi connectivity index (χ4v) is 12.3. The zero-order valence-electron chi connectivity index (χ0n) is 34.2. The van der Waals surface area contributed by atoms with Crippen LogP contribution >= 0.6 is 0 Å². The van der Waals surface area contributed by atoms with Crippen LogP contribution in [0.25, 0.3) is 11.2 Å². The minimum Gasteiger partial charge on any atom is -0.462 e. The number of hydrogen-bond acceptors (Lipinski definition) is 10. The van der Waals surface area contributed by atoms with Gasteiger partial charge in [-0.25, -0.2) is 14.6 Å². The number of esters is 2. The van der Waals surface area contributed by atoms with Gasteiger partial charge in [-0.3, -0.25) is 24.5 Å². The summed E-state index contributed by atoms with van der Waals surface area (Å²) < 4.78 is 28.0. The van der Waals surface area contributed by atoms with Gasteiger partial charge < -0.3 is 18.6 Å². The van der Waals surface area contributed by atoms with Crippen molar-refractivity contribution in [1.29, 1.82) is 0 Å². The van der Waals surface area contributed by atoms with Crippen LogP contribution in [-0.4, -0.2) is 71.1 Å². The molecule has 0 aliphatic carbocycles. The first kappa shape index (κ1) is 41.9. The van der Waals surface area contributed by atoms with E-state index in [-0.39, 0.29) is 47.2 Å². The summed E-state index contributed by atoms with van der Waals surface area (Å²) in [4.78, 5) is 64.8. The van der Waals surface area contributed by atoms with Gasteiger partial charge in [0.25, 0.3) is 13.9 Å². The zero-order chi connectivity index (χ0) is 42.4. The number of nitrogens with zero attached hydrogens (tertiary/aromatic N) is 3. The Labute approximate surface area is 349 Å². The Hall–Kier alpha value is -6.22. The van der Waals surface area contributed by atoms with Crippen LogP contribution in [0, 0.1) is 11.8 Å². The van der Waals surface area contributed by atoms with Gasteiger partial charge in [-0.15, -0.1) is 0 Å². The second-order valence-corrected chi connectivity index (χ2v) is 20.4. The van der Waals surface area contributed by atoms with Crippen LogP contribution in [0.3, 0.4) is 0 Å². The average molecular weight is 828 g/mol. The zero-order valence-corrected chi connectivity index (χ0v) is 35.2. The Kier molecular flexibility index (Phi) is 12.5. The maximum atomic E-state index is 13.9. The lowest BCUT2D eigenvalue weighted by Crippen LogP contribution is -2.66. The van der Waals surface area contributed by atoms with Gasteiger partial charge in [0, 0.05) is 12.5 Å². The van der Waals surface area contributed by atoms with Crippen molar-refractivity contribution >= 4 is 53.6 Å². The van der Waals surface area contributed by atoms with E-state index in [2.05, 4.69) is 65.3 Å². The first-order valence-corrected chi connectivity index (χ1v) is 21.9. The number of ether oxygens (including phenoxy) is 3. The first-order chi connectivity index (χ1) is 28.9. The van der Waals surface area contributed by atoms with E-state index in [1.165, 1.54) is 10.9 Å². The summed E-state index contributed by atoms with van der Waals surface area (Å²) in [6.45, 7) is 10.1. The number of benzene rings is 4. The molecule has 0 unspecified atom stereocenters. The summed E-state index contributed by atoms with van der Waals surface area (Å²) in [5.74, 6) is -2.72. The lowest BCUT2D eigenvalue weighted by molar-refractivity contribution is -0.118. The van der Waals surface area contributed by atoms with E-state index in [1.807, 2.05) is 36.4 Å². The molecule has 7 rings (SSSR count). The highest BCUT2D eigenvalue weighted by atomic mass is 28.4. The Morgan fingerprint density at radius 2 is 1.38 bits per heavy atom. The maximum absolute atomic E-state index is 13.9. The molecule has 4 aromatic carbocycles. The Morgan fingerprint density at radius 3 is 1.93 bits per heavy atom. The summed E-state index contributed by atoms with van der Waals surface area (Å²) in [5.41, 5.74) is 0.153. The Morgan fingerprint density at radius 1 is 0.833 bits per heavy atom. The Balaban J connectivity index is 1.29. The van der Waals surface area contributed by atoms with Crippen LogP contribution in [0.4, 0.5) is 5.95 Å². The molecular formula is C46H49N5O8Si. The minimum atomic E-state index is -2.98. The third kappa shape index (κ3) is 8.71. The molecule has 310 valence electrons. The quantitative estimate of drug-likeness (QED) is 0.0945. The molecule has 60 heavy (non-hydrogen) atoms. The smallest absolute Gasteiger partial charge is 0.338 e. The molecule has 0 radical (unpaired) electrons. The van der Waals surface area contributed by atoms with E-state index >= 15 is 0 Å². The van der Waals surface area contributed by atoms with E-state index in [1.54, 1.807) is 74.5 Å². The molecule has 13 nitrogen and oxygen atoms in total. The van der Waals surface area contributed by atoms with Gasteiger partial charge in [0.2, 0.25) is 11.9 Å². The van der Waals surface area contributed by atoms with Crippen LogP contribution in [-0.2, 0) is 23.4 Å². The number of anilines is 1. The molecule has 2 aromatic heterocycles. The highest BCUT2D eigenvalue weighted by Crippen LogP contribution is 2.41. The van der Waals surface area contributed by atoms with Gasteiger partial charge in [0.15, 0.2) is 23.5 Å². The number of fused-ring (bicyclic) bond motifs is 1. The lowest BCUT2D eigenvalue weighted by atomic mass is 9.96. The van der Waals surface area contributed by atoms with E-state index in [4.69, 9.17) is 18.6 Å². The van der Waals surface area contributed by atoms with Crippen molar-refractivity contribution in [1.82, 2.24) is 19.5 Å². The predicted molar refractivity (Wildman–Crippen MR) is 230 cm³/mol. The van der Waals surface area contributed by atoms with E-state index in [0.717, 1.165) is 10.4 Å². The topological polar surface area (TPSA) is 164 Å². The fourth-order valence-electron chi connectivity index (χ4n) is 7.75. The summed E-state index contributed by atoms with van der Waals surface area (Å²) in [6.07, 6.45) is -1.17. The molecule has 1 aliphatic heterocycles. The van der Waals surface area contributed by atoms with Crippen LogP contribution in [0.2, 0.25) is 5.04 Å². The predicted octanol–water partition coefficient (Wildman–Crippen LogP) is 6.28. The number of nitrogens with one attached hydrogen (secondary N) is 2. The second kappa shape index (κ2) is 18.0. The number of hydrogen-bond donors (Lipinski definition) is 2. The van der Waals surface area contributed by atoms with E-state index in [0.29, 0.717) is 17.5 Å². The van der Waals surface area contributed by atoms with Crippen LogP contribution in [0.5, 0.6) is 0 Å². The van der Waals surface area contributed by atoms with Crippen molar-refractivity contribution in [2.24, 2.45) is 11.8 Å². The third-order valence-electron chi connectivity index (χ3n) is 10.8. The molecule has 3 heterocycles. The fraction of sp³-hybridized carbons (Fsp3) is 0.304. The molecule has 1 saturated heterocycles. The largest absolute Gasteiger partial charge is 0.462 e. The summed E-state index contributed by atoms with van der Waals surface area (Å²) in [6, 6.07) is 37.7. The van der Waals surface area contributed by atoms with Crippen molar-refractivity contribution in [2.45, 2.75) is 64.5 Å². The van der Waals surface area contributed by atoms with Crippen molar-refractivity contribution < 1.29 is 33.0 Å². The molecule has 2 N–H and O–H groups in total. The number of rotatable bonds is 14. The number of imidazole rings is 1. The highest BCUT2D eigenvalue weighted by Gasteiger charge is 2.52. The highest BCUT2D eigenvalue weighted by molar-refractivity contribution is 6.99. The second-order valence-electron chi connectivity index (χ2n) is 16.1. The maximum Gasteiger partial charge on any atom is 0.338 e. The van der Waals surface area contributed by atoms with Crippen LogP contribution in [0.1, 0.15) is 68.0 Å². The third-order valence-corrected chi connectivity index (χ3v) is 15.8. The van der Waals surface area contributed by atoms with Crippen LogP contribution < -0.4 is 21.2 Å². The standard InChI is InChI=1S/C46H49N5O8Si/c1-30(2)40(52)49-45-48-39-37(41(53)50-45)47-29-51(39)42-38(59-44(55)32-20-12-7-13-21-32)35(28-56-43(54)31-18-10-6-11-19-31)36(58-42)26-27-57-60(46(3,4)5,33-22-14-8-15-23-33)34-24-16-9-17-25-34/h6-25,29-30,35-36,38,42H,26-28H2,1-5H3,(H2,48,49,50,52,53)/t35-,36-,38-,42-/m1/s1. The van der Waals surface area contributed by atoms with Gasteiger partial charge >= 0.3 is 11.9 Å². The van der Waals surface area contributed by atoms with E-state index < -0.39 is 50.2 Å². The molecule has 1 amide bonds. The normalized spacial score (nSPS) is 18.0. The first-order valence-electron chi connectivity index (χ1n) is 20.0. The van der Waals surface area contributed by atoms with Gasteiger partial charge in [0.05, 0.1) is 29.5 Å². The number of carbonyl (C=O) groups excluding carboxylic acids is 3. The van der Waals surface area contributed by atoms with Gasteiger partial charge in [-0.05, 0) is 46.1 Å². The summed E-state index contributed by atoms with van der Waals surface area (Å²) in [5, 5.41) is 4.57. The minimum absolute atomic E-state index is 0.0141. The molecule has 0 bridgehead atoms. The van der Waals surface area contributed by atoms with Crippen molar-refractivity contribution in [3.8, 4) is 0 Å². The van der Waals surface area contributed by atoms with Gasteiger partial charge in [-0.2, -0.15) is 4.98 Å². The summed E-state index contributed by atoms with van der Waals surface area (Å²) >= 11 is 0. The molecule has 4 atom stereocenters. The monoisotopic (exact) mass is 827 g/mol. The summed E-state index contributed by atoms with van der Waals surface area (Å²) in [7, 11) is -2.98. The molecular weight excluding hydrogens is 779 g/mol. The van der Waals surface area contributed by atoms with E-state index in [9.17, 15) is 19.2 Å². The van der Waals surface area contributed by atoms with Gasteiger partial charge in [-0.1, -0.05) is 132 Å². The number of carbonyl (C=O) groups is 3. The van der Waals surface area contributed by atoms with Crippen LogP contribution in [0.15, 0.2) is 132 Å². The number of amides is 1. The molecule has 0 saturated carbocycles. The average Bonchev–Trinajstić information content (AvgIpc) is 3.83. The Bertz CT molecular complexity index is 2430. The molecule has 14 heteroatoms. The van der Waals surface area contributed by atoms with Crippen molar-refractivity contribution in [3.63, 3.8) is 0 Å². The number of aromatic amines is 1. The SMILES string of the molecule is CC(C)C(=O)Nc1nc2c(ncn2[C@@H]2O[C@H](CCO[Si](c3ccccc3)(c3ccccc3)C(C)(C)C)[C@@H](COC(=O)c3ccccc3)[C@H]2OC(=O)c2ccccc2)c(=O)[nH]1. The molecule has 1 fully saturated rings.